The lowest BCUT2D eigenvalue weighted by molar-refractivity contribution is -0.120. The van der Waals surface area contributed by atoms with Crippen LogP contribution in [0.5, 0.6) is 0 Å². The predicted molar refractivity (Wildman–Crippen MR) is 89.8 cm³/mol. The van der Waals surface area contributed by atoms with Gasteiger partial charge in [-0.15, -0.1) is 0 Å². The molecule has 1 aromatic carbocycles. The molecule has 1 heterocycles. The molecule has 0 saturated heterocycles. The van der Waals surface area contributed by atoms with Crippen LogP contribution in [0, 0.1) is 0 Å². The SMILES string of the molecule is O=C(CC1(O)CCCC1)Nc1ccc(NC(=O)c2ccco2)cc1. The Morgan fingerprint density at radius 3 is 2.25 bits per heavy atom. The molecule has 24 heavy (non-hydrogen) atoms. The molecule has 2 aromatic rings. The van der Waals surface area contributed by atoms with E-state index in [0.717, 1.165) is 12.8 Å². The second kappa shape index (κ2) is 6.88. The molecule has 1 aliphatic rings. The summed E-state index contributed by atoms with van der Waals surface area (Å²) in [5, 5.41) is 15.7. The van der Waals surface area contributed by atoms with E-state index in [2.05, 4.69) is 10.6 Å². The van der Waals surface area contributed by atoms with Crippen molar-refractivity contribution in [1.82, 2.24) is 0 Å². The molecule has 1 fully saturated rings. The van der Waals surface area contributed by atoms with E-state index < -0.39 is 5.60 Å². The zero-order valence-corrected chi connectivity index (χ0v) is 13.2. The lowest BCUT2D eigenvalue weighted by atomic mass is 9.97. The molecule has 0 aliphatic heterocycles. The van der Waals surface area contributed by atoms with Crippen molar-refractivity contribution in [2.45, 2.75) is 37.7 Å². The monoisotopic (exact) mass is 328 g/mol. The van der Waals surface area contributed by atoms with E-state index in [4.69, 9.17) is 4.42 Å². The molecule has 126 valence electrons. The van der Waals surface area contributed by atoms with E-state index in [0.29, 0.717) is 24.2 Å². The van der Waals surface area contributed by atoms with Crippen molar-refractivity contribution in [2.24, 2.45) is 0 Å². The third kappa shape index (κ3) is 4.02. The van der Waals surface area contributed by atoms with Crippen molar-refractivity contribution in [3.63, 3.8) is 0 Å². The Labute approximate surface area is 139 Å². The quantitative estimate of drug-likeness (QED) is 0.786. The summed E-state index contributed by atoms with van der Waals surface area (Å²) in [6.07, 6.45) is 4.84. The lowest BCUT2D eigenvalue weighted by Gasteiger charge is -2.21. The number of carbonyl (C=O) groups excluding carboxylic acids is 2. The van der Waals surface area contributed by atoms with E-state index in [-0.39, 0.29) is 24.0 Å². The van der Waals surface area contributed by atoms with E-state index in [1.165, 1.54) is 6.26 Å². The average molecular weight is 328 g/mol. The number of furan rings is 1. The highest BCUT2D eigenvalue weighted by Crippen LogP contribution is 2.32. The third-order valence-corrected chi connectivity index (χ3v) is 4.20. The summed E-state index contributed by atoms with van der Waals surface area (Å²) in [6.45, 7) is 0. The van der Waals surface area contributed by atoms with Gasteiger partial charge >= 0.3 is 0 Å². The number of aliphatic hydroxyl groups is 1. The number of hydrogen-bond acceptors (Lipinski definition) is 4. The highest BCUT2D eigenvalue weighted by Gasteiger charge is 2.33. The van der Waals surface area contributed by atoms with E-state index in [1.54, 1.807) is 36.4 Å². The number of carbonyl (C=O) groups is 2. The summed E-state index contributed by atoms with van der Waals surface area (Å²) in [4.78, 5) is 23.9. The topological polar surface area (TPSA) is 91.6 Å². The minimum Gasteiger partial charge on any atom is -0.459 e. The Kier molecular flexibility index (Phi) is 4.66. The Hall–Kier alpha value is -2.60. The normalized spacial score (nSPS) is 15.9. The minimum absolute atomic E-state index is 0.115. The Bertz CT molecular complexity index is 701. The van der Waals surface area contributed by atoms with E-state index >= 15 is 0 Å². The molecule has 3 rings (SSSR count). The van der Waals surface area contributed by atoms with Gasteiger partial charge in [0.05, 0.1) is 18.3 Å². The highest BCUT2D eigenvalue weighted by molar-refractivity contribution is 6.02. The van der Waals surface area contributed by atoms with Gasteiger partial charge in [-0.2, -0.15) is 0 Å². The van der Waals surface area contributed by atoms with Crippen LogP contribution in [0.4, 0.5) is 11.4 Å². The fourth-order valence-electron chi connectivity index (χ4n) is 2.95. The molecule has 1 saturated carbocycles. The van der Waals surface area contributed by atoms with Crippen LogP contribution in [0.1, 0.15) is 42.7 Å². The van der Waals surface area contributed by atoms with Crippen molar-refractivity contribution >= 4 is 23.2 Å². The van der Waals surface area contributed by atoms with Crippen LogP contribution in [-0.4, -0.2) is 22.5 Å². The second-order valence-electron chi connectivity index (χ2n) is 6.17. The van der Waals surface area contributed by atoms with Crippen LogP contribution in [0.3, 0.4) is 0 Å². The maximum absolute atomic E-state index is 12.0. The maximum Gasteiger partial charge on any atom is 0.291 e. The van der Waals surface area contributed by atoms with Crippen molar-refractivity contribution in [1.29, 1.82) is 0 Å². The van der Waals surface area contributed by atoms with Crippen LogP contribution < -0.4 is 10.6 Å². The van der Waals surface area contributed by atoms with Gasteiger partial charge in [0.15, 0.2) is 5.76 Å². The lowest BCUT2D eigenvalue weighted by Crippen LogP contribution is -2.30. The van der Waals surface area contributed by atoms with Gasteiger partial charge in [-0.25, -0.2) is 0 Å². The summed E-state index contributed by atoms with van der Waals surface area (Å²) in [5.74, 6) is -0.302. The molecule has 6 heteroatoms. The highest BCUT2D eigenvalue weighted by atomic mass is 16.3. The molecule has 0 radical (unpaired) electrons. The summed E-state index contributed by atoms with van der Waals surface area (Å²) < 4.78 is 5.02. The largest absolute Gasteiger partial charge is 0.459 e. The number of benzene rings is 1. The smallest absolute Gasteiger partial charge is 0.291 e. The fourth-order valence-corrected chi connectivity index (χ4v) is 2.95. The van der Waals surface area contributed by atoms with Crippen LogP contribution in [-0.2, 0) is 4.79 Å². The summed E-state index contributed by atoms with van der Waals surface area (Å²) >= 11 is 0. The number of amides is 2. The Morgan fingerprint density at radius 1 is 1.04 bits per heavy atom. The predicted octanol–water partition coefficient (Wildman–Crippen LogP) is 3.17. The molecule has 1 aromatic heterocycles. The zero-order chi connectivity index (χ0) is 17.0. The van der Waals surface area contributed by atoms with Gasteiger partial charge in [-0.05, 0) is 49.2 Å². The first-order valence-electron chi connectivity index (χ1n) is 8.01. The number of anilines is 2. The Morgan fingerprint density at radius 2 is 1.67 bits per heavy atom. The molecule has 0 atom stereocenters. The van der Waals surface area contributed by atoms with Gasteiger partial charge in [0.25, 0.3) is 5.91 Å². The van der Waals surface area contributed by atoms with Crippen LogP contribution in [0.15, 0.2) is 47.1 Å². The van der Waals surface area contributed by atoms with E-state index in [1.807, 2.05) is 0 Å². The van der Waals surface area contributed by atoms with Crippen LogP contribution in [0.2, 0.25) is 0 Å². The van der Waals surface area contributed by atoms with Crippen LogP contribution in [0.25, 0.3) is 0 Å². The fraction of sp³-hybridized carbons (Fsp3) is 0.333. The first-order valence-corrected chi connectivity index (χ1v) is 8.01. The molecule has 6 nitrogen and oxygen atoms in total. The number of rotatable bonds is 5. The summed E-state index contributed by atoms with van der Waals surface area (Å²) in [6, 6.07) is 10.0. The van der Waals surface area contributed by atoms with Crippen LogP contribution >= 0.6 is 0 Å². The average Bonchev–Trinajstić information content (AvgIpc) is 3.21. The second-order valence-corrected chi connectivity index (χ2v) is 6.17. The summed E-state index contributed by atoms with van der Waals surface area (Å²) in [5.41, 5.74) is 0.363. The minimum atomic E-state index is -0.860. The van der Waals surface area contributed by atoms with Crippen molar-refractivity contribution in [3.8, 4) is 0 Å². The van der Waals surface area contributed by atoms with E-state index in [9.17, 15) is 14.7 Å². The molecular formula is C18H20N2O4. The molecule has 1 aliphatic carbocycles. The maximum atomic E-state index is 12.0. The first-order chi connectivity index (χ1) is 11.5. The standard InChI is InChI=1S/C18H20N2O4/c21-16(12-18(23)9-1-2-10-18)19-13-5-7-14(8-6-13)20-17(22)15-4-3-11-24-15/h3-8,11,23H,1-2,9-10,12H2,(H,19,21)(H,20,22). The number of nitrogens with one attached hydrogen (secondary N) is 2. The van der Waals surface area contributed by atoms with Gasteiger partial charge in [0, 0.05) is 11.4 Å². The van der Waals surface area contributed by atoms with Gasteiger partial charge in [0.2, 0.25) is 5.91 Å². The van der Waals surface area contributed by atoms with Gasteiger partial charge in [0.1, 0.15) is 0 Å². The molecule has 0 spiro atoms. The number of hydrogen-bond donors (Lipinski definition) is 3. The Balaban J connectivity index is 1.54. The molecule has 0 unspecified atom stereocenters. The summed E-state index contributed by atoms with van der Waals surface area (Å²) in [7, 11) is 0. The first kappa shape index (κ1) is 16.3. The van der Waals surface area contributed by atoms with Gasteiger partial charge < -0.3 is 20.2 Å². The van der Waals surface area contributed by atoms with Gasteiger partial charge in [-0.1, -0.05) is 12.8 Å². The van der Waals surface area contributed by atoms with Crippen molar-refractivity contribution < 1.29 is 19.1 Å². The molecule has 0 bridgehead atoms. The van der Waals surface area contributed by atoms with Gasteiger partial charge in [-0.3, -0.25) is 9.59 Å². The zero-order valence-electron chi connectivity index (χ0n) is 13.2. The molecule has 2 amide bonds. The third-order valence-electron chi connectivity index (χ3n) is 4.20. The van der Waals surface area contributed by atoms with Crippen molar-refractivity contribution in [2.75, 3.05) is 10.6 Å². The molecule has 3 N–H and O–H groups in total. The molecular weight excluding hydrogens is 308 g/mol. The van der Waals surface area contributed by atoms with Crippen molar-refractivity contribution in [3.05, 3.63) is 48.4 Å².